The minimum atomic E-state index is -4.01. The highest BCUT2D eigenvalue weighted by atomic mass is 32.2. The Hall–Kier alpha value is -3.67. The molecule has 0 radical (unpaired) electrons. The first-order chi connectivity index (χ1) is 18.5. The van der Waals surface area contributed by atoms with Crippen LogP contribution in [-0.2, 0) is 26.2 Å². The molecule has 12 heteroatoms. The zero-order valence-electron chi connectivity index (χ0n) is 22.5. The quantitative estimate of drug-likeness (QED) is 0.309. The number of benzene rings is 2. The van der Waals surface area contributed by atoms with Crippen LogP contribution in [0, 0.1) is 10.1 Å². The third-order valence-electron chi connectivity index (χ3n) is 6.83. The molecular weight excluding hydrogens is 524 g/mol. The van der Waals surface area contributed by atoms with Crippen LogP contribution >= 0.6 is 0 Å². The van der Waals surface area contributed by atoms with Gasteiger partial charge in [0.1, 0.15) is 18.3 Å². The summed E-state index contributed by atoms with van der Waals surface area (Å²) >= 11 is 0. The van der Waals surface area contributed by atoms with Gasteiger partial charge in [-0.15, -0.1) is 0 Å². The van der Waals surface area contributed by atoms with Crippen LogP contribution in [0.2, 0.25) is 0 Å². The predicted octanol–water partition coefficient (Wildman–Crippen LogP) is 3.63. The van der Waals surface area contributed by atoms with Crippen LogP contribution < -0.4 is 14.4 Å². The second kappa shape index (κ2) is 13.4. The van der Waals surface area contributed by atoms with Gasteiger partial charge in [0.2, 0.25) is 21.8 Å². The highest BCUT2D eigenvalue weighted by Gasteiger charge is 2.33. The fourth-order valence-electron chi connectivity index (χ4n) is 4.81. The van der Waals surface area contributed by atoms with Crippen molar-refractivity contribution in [3.63, 3.8) is 0 Å². The summed E-state index contributed by atoms with van der Waals surface area (Å²) in [5, 5.41) is 14.4. The number of carbonyl (C=O) groups excluding carboxylic acids is 2. The molecule has 3 rings (SSSR count). The van der Waals surface area contributed by atoms with Gasteiger partial charge in [0.25, 0.3) is 5.69 Å². The molecule has 0 saturated heterocycles. The molecule has 0 aromatic heterocycles. The van der Waals surface area contributed by atoms with E-state index in [1.807, 2.05) is 0 Å². The molecule has 1 fully saturated rings. The number of non-ortho nitro benzene ring substituents is 1. The second-order valence-electron chi connectivity index (χ2n) is 9.69. The van der Waals surface area contributed by atoms with E-state index in [2.05, 4.69) is 5.32 Å². The first-order valence-electron chi connectivity index (χ1n) is 13.0. The number of methoxy groups -OCH3 is 1. The molecule has 0 spiro atoms. The molecule has 0 unspecified atom stereocenters. The van der Waals surface area contributed by atoms with Gasteiger partial charge in [-0.05, 0) is 43.0 Å². The largest absolute Gasteiger partial charge is 0.497 e. The van der Waals surface area contributed by atoms with Crippen LogP contribution in [0.4, 0.5) is 11.4 Å². The van der Waals surface area contributed by atoms with Gasteiger partial charge in [-0.25, -0.2) is 8.42 Å². The van der Waals surface area contributed by atoms with Crippen LogP contribution in [0.5, 0.6) is 5.75 Å². The number of hydrogen-bond donors (Lipinski definition) is 1. The van der Waals surface area contributed by atoms with Crippen molar-refractivity contribution in [2.75, 3.05) is 24.2 Å². The lowest BCUT2D eigenvalue weighted by Crippen LogP contribution is -2.53. The second-order valence-corrected chi connectivity index (χ2v) is 11.6. The van der Waals surface area contributed by atoms with Gasteiger partial charge in [-0.3, -0.25) is 24.0 Å². The number of nitro benzene ring substituents is 1. The lowest BCUT2D eigenvalue weighted by Gasteiger charge is -2.34. The standard InChI is InChI=1S/C27H36N4O7S/c1-4-25(27(33)28-21-11-6-5-7-12-21)29(18-20-10-8-15-24(16-20)38-2)26(32)19-30(39(3,36)37)22-13-9-14-23(17-22)31(34)35/h8-10,13-17,21,25H,4-7,11-12,18-19H2,1-3H3,(H,28,33)/t25-/m0/s1. The number of carbonyl (C=O) groups is 2. The molecule has 0 aliphatic heterocycles. The number of amides is 2. The van der Waals surface area contributed by atoms with Crippen molar-refractivity contribution in [2.45, 2.75) is 64.1 Å². The van der Waals surface area contributed by atoms with Crippen LogP contribution in [0.25, 0.3) is 0 Å². The van der Waals surface area contributed by atoms with Gasteiger partial charge < -0.3 is 15.0 Å². The van der Waals surface area contributed by atoms with E-state index < -0.39 is 33.4 Å². The van der Waals surface area contributed by atoms with E-state index in [4.69, 9.17) is 4.74 Å². The zero-order valence-corrected chi connectivity index (χ0v) is 23.4. The Balaban J connectivity index is 1.95. The van der Waals surface area contributed by atoms with E-state index in [-0.39, 0.29) is 29.9 Å². The summed E-state index contributed by atoms with van der Waals surface area (Å²) in [6.07, 6.45) is 6.17. The van der Waals surface area contributed by atoms with E-state index in [0.717, 1.165) is 48.7 Å². The molecule has 2 amide bonds. The SMILES string of the molecule is CC[C@@H](C(=O)NC1CCCCC1)N(Cc1cccc(OC)c1)C(=O)CN(c1cccc([N+](=O)[O-])c1)S(C)(=O)=O. The Morgan fingerprint density at radius 3 is 2.44 bits per heavy atom. The summed E-state index contributed by atoms with van der Waals surface area (Å²) in [4.78, 5) is 39.3. The summed E-state index contributed by atoms with van der Waals surface area (Å²) in [6.45, 7) is 1.21. The number of sulfonamides is 1. The average Bonchev–Trinajstić information content (AvgIpc) is 2.91. The van der Waals surface area contributed by atoms with Gasteiger partial charge in [-0.1, -0.05) is 44.4 Å². The molecule has 0 heterocycles. The smallest absolute Gasteiger partial charge is 0.271 e. The molecule has 212 valence electrons. The molecule has 1 saturated carbocycles. The van der Waals surface area contributed by atoms with E-state index in [0.29, 0.717) is 17.7 Å². The average molecular weight is 561 g/mol. The first kappa shape index (κ1) is 29.9. The van der Waals surface area contributed by atoms with Gasteiger partial charge in [0.15, 0.2) is 0 Å². The molecule has 0 bridgehead atoms. The Morgan fingerprint density at radius 2 is 1.82 bits per heavy atom. The molecule has 1 N–H and O–H groups in total. The lowest BCUT2D eigenvalue weighted by molar-refractivity contribution is -0.384. The topological polar surface area (TPSA) is 139 Å². The maximum atomic E-state index is 13.8. The lowest BCUT2D eigenvalue weighted by atomic mass is 9.95. The Morgan fingerprint density at radius 1 is 1.13 bits per heavy atom. The number of nitro groups is 1. The molecule has 39 heavy (non-hydrogen) atoms. The van der Waals surface area contributed by atoms with E-state index in [9.17, 15) is 28.1 Å². The summed E-state index contributed by atoms with van der Waals surface area (Å²) in [5.41, 5.74) is 0.383. The first-order valence-corrected chi connectivity index (χ1v) is 14.8. The van der Waals surface area contributed by atoms with Crippen molar-refractivity contribution in [1.29, 1.82) is 0 Å². The highest BCUT2D eigenvalue weighted by Crippen LogP contribution is 2.25. The summed E-state index contributed by atoms with van der Waals surface area (Å²) < 4.78 is 31.6. The monoisotopic (exact) mass is 560 g/mol. The molecule has 1 atom stereocenters. The molecular formula is C27H36N4O7S. The van der Waals surface area contributed by atoms with Crippen molar-refractivity contribution in [2.24, 2.45) is 0 Å². The van der Waals surface area contributed by atoms with Crippen molar-refractivity contribution in [1.82, 2.24) is 10.2 Å². The third-order valence-corrected chi connectivity index (χ3v) is 7.97. The third kappa shape index (κ3) is 8.16. The molecule has 1 aliphatic carbocycles. The molecule has 2 aromatic carbocycles. The number of ether oxygens (including phenoxy) is 1. The summed E-state index contributed by atoms with van der Waals surface area (Å²) in [6, 6.07) is 11.4. The predicted molar refractivity (Wildman–Crippen MR) is 148 cm³/mol. The Labute approximate surface area is 229 Å². The zero-order chi connectivity index (χ0) is 28.6. The van der Waals surface area contributed by atoms with E-state index >= 15 is 0 Å². The maximum Gasteiger partial charge on any atom is 0.271 e. The fourth-order valence-corrected chi connectivity index (χ4v) is 5.65. The number of anilines is 1. The van der Waals surface area contributed by atoms with Crippen LogP contribution in [-0.4, -0.2) is 62.0 Å². The fraction of sp³-hybridized carbons (Fsp3) is 0.481. The number of hydrogen-bond acceptors (Lipinski definition) is 7. The van der Waals surface area contributed by atoms with Crippen LogP contribution in [0.15, 0.2) is 48.5 Å². The van der Waals surface area contributed by atoms with Gasteiger partial charge in [0.05, 0.1) is 24.0 Å². The van der Waals surface area contributed by atoms with Gasteiger partial charge in [0, 0.05) is 24.7 Å². The molecule has 1 aliphatic rings. The number of rotatable bonds is 12. The molecule has 11 nitrogen and oxygen atoms in total. The van der Waals surface area contributed by atoms with Crippen molar-refractivity contribution >= 4 is 33.2 Å². The van der Waals surface area contributed by atoms with Crippen molar-refractivity contribution in [3.8, 4) is 5.75 Å². The Bertz CT molecular complexity index is 1280. The maximum absolute atomic E-state index is 13.8. The van der Waals surface area contributed by atoms with Crippen molar-refractivity contribution < 1.29 is 27.7 Å². The normalized spacial score (nSPS) is 14.7. The molecule has 2 aromatic rings. The van der Waals surface area contributed by atoms with Gasteiger partial charge in [-0.2, -0.15) is 0 Å². The number of nitrogens with one attached hydrogen (secondary N) is 1. The van der Waals surface area contributed by atoms with Crippen molar-refractivity contribution in [3.05, 3.63) is 64.2 Å². The minimum absolute atomic E-state index is 0.0129. The van der Waals surface area contributed by atoms with Crippen LogP contribution in [0.1, 0.15) is 51.0 Å². The minimum Gasteiger partial charge on any atom is -0.497 e. The van der Waals surface area contributed by atoms with Gasteiger partial charge >= 0.3 is 0 Å². The van der Waals surface area contributed by atoms with E-state index in [1.54, 1.807) is 31.2 Å². The Kier molecular flexibility index (Phi) is 10.3. The number of nitrogens with zero attached hydrogens (tertiary/aromatic N) is 3. The van der Waals surface area contributed by atoms with Crippen LogP contribution in [0.3, 0.4) is 0 Å². The van der Waals surface area contributed by atoms with E-state index in [1.165, 1.54) is 30.2 Å². The summed E-state index contributed by atoms with van der Waals surface area (Å²) in [5.74, 6) is -0.323. The summed E-state index contributed by atoms with van der Waals surface area (Å²) in [7, 11) is -2.48. The highest BCUT2D eigenvalue weighted by molar-refractivity contribution is 7.92.